The van der Waals surface area contributed by atoms with E-state index in [4.69, 9.17) is 14.2 Å². The highest BCUT2D eigenvalue weighted by molar-refractivity contribution is 6.38. The van der Waals surface area contributed by atoms with E-state index >= 15 is 0 Å². The lowest BCUT2D eigenvalue weighted by atomic mass is 10.5. The Balaban J connectivity index is 3.61. The molecule has 0 aliphatic carbocycles. The molecule has 0 spiro atoms. The van der Waals surface area contributed by atoms with Crippen molar-refractivity contribution in [2.45, 2.75) is 38.6 Å². The Hall–Kier alpha value is 0.0569. The molecule has 104 valence electrons. The largest absolute Gasteiger partial charge is 0.366 e. The number of hydrogen-bond donors (Lipinski definition) is 0. The molecule has 0 saturated heterocycles. The molecule has 17 heavy (non-hydrogen) atoms. The fourth-order valence-electron chi connectivity index (χ4n) is 1.69. The molecule has 0 rings (SSSR count). The van der Waals surface area contributed by atoms with E-state index in [9.17, 15) is 0 Å². The molecule has 0 amide bonds. The van der Waals surface area contributed by atoms with Gasteiger partial charge in [-0.25, -0.2) is 0 Å². The molecule has 0 aromatic rings. The van der Waals surface area contributed by atoms with Crippen LogP contribution in [0, 0.1) is 0 Å². The summed E-state index contributed by atoms with van der Waals surface area (Å²) in [7, 11) is 3.64. The fourth-order valence-corrected chi connectivity index (χ4v) is 3.49. The van der Waals surface area contributed by atoms with Crippen molar-refractivity contribution in [3.8, 4) is 0 Å². The van der Waals surface area contributed by atoms with Gasteiger partial charge < -0.3 is 14.2 Å². The summed E-state index contributed by atoms with van der Waals surface area (Å²) < 4.78 is 16.9. The van der Waals surface area contributed by atoms with E-state index < -0.39 is 0 Å². The first kappa shape index (κ1) is 17.1. The Morgan fingerprint density at radius 1 is 1.12 bits per heavy atom. The summed E-state index contributed by atoms with van der Waals surface area (Å²) in [6.45, 7) is 9.10. The molecule has 0 aliphatic heterocycles. The van der Waals surface area contributed by atoms with Gasteiger partial charge >= 0.3 is 0 Å². The summed E-state index contributed by atoms with van der Waals surface area (Å²) in [5, 5.41) is 0. The zero-order valence-electron chi connectivity index (χ0n) is 12.1. The maximum absolute atomic E-state index is 5.71. The fraction of sp³-hybridized carbons (Fsp3) is 1.00. The third-order valence-electron chi connectivity index (χ3n) is 2.42. The minimum absolute atomic E-state index is 0.287. The molecule has 0 aliphatic rings. The maximum Gasteiger partial charge on any atom is 0.142 e. The van der Waals surface area contributed by atoms with E-state index in [1.54, 1.807) is 0 Å². The first-order valence-electron chi connectivity index (χ1n) is 6.54. The van der Waals surface area contributed by atoms with Crippen molar-refractivity contribution in [3.05, 3.63) is 0 Å². The van der Waals surface area contributed by atoms with Crippen molar-refractivity contribution in [2.75, 3.05) is 40.6 Å². The highest BCUT2D eigenvalue weighted by atomic mass is 28.2. The third kappa shape index (κ3) is 9.73. The first-order valence-corrected chi connectivity index (χ1v) is 8.25. The van der Waals surface area contributed by atoms with Gasteiger partial charge in [0.05, 0.1) is 16.3 Å². The van der Waals surface area contributed by atoms with Gasteiger partial charge in [-0.15, -0.1) is 0 Å². The first-order chi connectivity index (χ1) is 8.04. The van der Waals surface area contributed by atoms with Crippen LogP contribution in [0.5, 0.6) is 0 Å². The lowest BCUT2D eigenvalue weighted by Crippen LogP contribution is -2.39. The van der Waals surface area contributed by atoms with Crippen molar-refractivity contribution in [1.29, 1.82) is 0 Å². The number of nitrogens with zero attached hydrogens (tertiary/aromatic N) is 1. The number of rotatable bonds is 11. The highest BCUT2D eigenvalue weighted by Gasteiger charge is 2.24. The zero-order valence-corrected chi connectivity index (χ0v) is 13.5. The lowest BCUT2D eigenvalue weighted by Gasteiger charge is -2.29. The smallest absolute Gasteiger partial charge is 0.142 e. The quantitative estimate of drug-likeness (QED) is 0.319. The van der Waals surface area contributed by atoms with Gasteiger partial charge in [-0.05, 0) is 41.3 Å². The predicted octanol–water partition coefficient (Wildman–Crippen LogP) is 1.25. The van der Waals surface area contributed by atoms with E-state index in [0.29, 0.717) is 6.73 Å². The van der Waals surface area contributed by atoms with Gasteiger partial charge in [-0.2, -0.15) is 0 Å². The van der Waals surface area contributed by atoms with Gasteiger partial charge in [0.1, 0.15) is 5.41 Å². The second-order valence-electron chi connectivity index (χ2n) is 4.57. The molecule has 0 N–H and O–H groups in total. The van der Waals surface area contributed by atoms with Crippen molar-refractivity contribution < 1.29 is 14.2 Å². The number of hydrogen-bond acceptors (Lipinski definition) is 4. The molecule has 5 heteroatoms. The predicted molar refractivity (Wildman–Crippen MR) is 74.1 cm³/mol. The average Bonchev–Trinajstić information content (AvgIpc) is 2.23. The molecule has 0 bridgehead atoms. The zero-order chi connectivity index (χ0) is 13.1. The minimum atomic E-state index is -0.379. The SMILES string of the molecule is CCOC(C)(OCC)[SiH2]CCCOCN(C)C. The topological polar surface area (TPSA) is 30.9 Å². The molecule has 0 aromatic carbocycles. The molecule has 0 saturated carbocycles. The molecule has 0 radical (unpaired) electrons. The van der Waals surface area contributed by atoms with Crippen molar-refractivity contribution in [2.24, 2.45) is 0 Å². The Kier molecular flexibility index (Phi) is 10.1. The summed E-state index contributed by atoms with van der Waals surface area (Å²) in [4.78, 5) is 2.03. The third-order valence-corrected chi connectivity index (χ3v) is 4.59. The molecular weight excluding hydrogens is 234 g/mol. The summed E-state index contributed by atoms with van der Waals surface area (Å²) >= 11 is 0. The standard InChI is InChI=1S/C12H29NO3Si/c1-6-15-12(3,16-7-2)17-10-8-9-14-11-13(4)5/h6-11,17H2,1-5H3. The molecule has 0 fully saturated rings. The lowest BCUT2D eigenvalue weighted by molar-refractivity contribution is -0.163. The Morgan fingerprint density at radius 2 is 1.71 bits per heavy atom. The second kappa shape index (κ2) is 10.0. The molecule has 4 nitrogen and oxygen atoms in total. The van der Waals surface area contributed by atoms with E-state index in [0.717, 1.165) is 26.2 Å². The van der Waals surface area contributed by atoms with Crippen LogP contribution in [0.1, 0.15) is 27.2 Å². The van der Waals surface area contributed by atoms with Gasteiger partial charge in [0.15, 0.2) is 0 Å². The summed E-state index contributed by atoms with van der Waals surface area (Å²) in [6, 6.07) is 1.20. The van der Waals surface area contributed by atoms with Crippen molar-refractivity contribution in [1.82, 2.24) is 4.90 Å². The van der Waals surface area contributed by atoms with Crippen LogP contribution in [0.3, 0.4) is 0 Å². The van der Waals surface area contributed by atoms with E-state index in [1.807, 2.05) is 32.8 Å². The van der Waals surface area contributed by atoms with Crippen LogP contribution in [0.4, 0.5) is 0 Å². The molecule has 0 atom stereocenters. The molecule has 0 aromatic heterocycles. The van der Waals surface area contributed by atoms with Crippen molar-refractivity contribution in [3.63, 3.8) is 0 Å². The molecule has 0 unspecified atom stereocenters. The van der Waals surface area contributed by atoms with Crippen LogP contribution in [0.15, 0.2) is 0 Å². The summed E-state index contributed by atoms with van der Waals surface area (Å²) in [5.41, 5.74) is -0.287. The van der Waals surface area contributed by atoms with Crippen LogP contribution in [0.25, 0.3) is 0 Å². The van der Waals surface area contributed by atoms with E-state index in [-0.39, 0.29) is 14.9 Å². The maximum atomic E-state index is 5.71. The van der Waals surface area contributed by atoms with Crippen LogP contribution >= 0.6 is 0 Å². The highest BCUT2D eigenvalue weighted by Crippen LogP contribution is 2.13. The summed E-state index contributed by atoms with van der Waals surface area (Å²) in [6.07, 6.45) is 1.11. The van der Waals surface area contributed by atoms with Crippen LogP contribution in [0.2, 0.25) is 6.04 Å². The van der Waals surface area contributed by atoms with E-state index in [2.05, 4.69) is 6.92 Å². The van der Waals surface area contributed by atoms with Gasteiger partial charge in [0.25, 0.3) is 0 Å². The normalized spacial score (nSPS) is 13.1. The van der Waals surface area contributed by atoms with Gasteiger partial charge in [0, 0.05) is 19.8 Å². The second-order valence-corrected chi connectivity index (χ2v) is 7.07. The molecule has 0 heterocycles. The Bertz CT molecular complexity index is 173. The Morgan fingerprint density at radius 3 is 2.18 bits per heavy atom. The van der Waals surface area contributed by atoms with Gasteiger partial charge in [0.2, 0.25) is 0 Å². The monoisotopic (exact) mass is 263 g/mol. The van der Waals surface area contributed by atoms with Crippen LogP contribution < -0.4 is 0 Å². The van der Waals surface area contributed by atoms with Gasteiger partial charge in [-0.1, -0.05) is 6.04 Å². The summed E-state index contributed by atoms with van der Waals surface area (Å²) in [5.74, 6) is 0. The van der Waals surface area contributed by atoms with E-state index in [1.165, 1.54) is 6.04 Å². The molecular formula is C12H29NO3Si. The average molecular weight is 263 g/mol. The number of ether oxygens (including phenoxy) is 3. The van der Waals surface area contributed by atoms with Gasteiger partial charge in [-0.3, -0.25) is 4.90 Å². The van der Waals surface area contributed by atoms with Crippen LogP contribution in [-0.4, -0.2) is 60.5 Å². The van der Waals surface area contributed by atoms with Crippen molar-refractivity contribution >= 4 is 9.52 Å². The minimum Gasteiger partial charge on any atom is -0.366 e. The Labute approximate surface area is 108 Å². The van der Waals surface area contributed by atoms with Crippen LogP contribution in [-0.2, 0) is 14.2 Å².